The van der Waals surface area contributed by atoms with Crippen molar-refractivity contribution < 1.29 is 0 Å². The molecule has 0 amide bonds. The standard InChI is InChI=1S/C14H29N3/c1-12-10-17(9-7-14(12)15-2)11-13-6-4-5-8-16(13)3/h12-15H,4-11H2,1-3H3. The first-order chi connectivity index (χ1) is 8.20. The molecule has 2 aliphatic rings. The zero-order chi connectivity index (χ0) is 12.3. The van der Waals surface area contributed by atoms with Crippen molar-refractivity contribution in [3.8, 4) is 0 Å². The summed E-state index contributed by atoms with van der Waals surface area (Å²) in [4.78, 5) is 5.25. The Morgan fingerprint density at radius 1 is 1.18 bits per heavy atom. The predicted octanol–water partition coefficient (Wildman–Crippen LogP) is 1.40. The van der Waals surface area contributed by atoms with Crippen molar-refractivity contribution in [3.63, 3.8) is 0 Å². The summed E-state index contributed by atoms with van der Waals surface area (Å²) < 4.78 is 0. The molecule has 2 fully saturated rings. The van der Waals surface area contributed by atoms with Gasteiger partial charge in [0.1, 0.15) is 0 Å². The lowest BCUT2D eigenvalue weighted by Gasteiger charge is -2.41. The molecule has 3 atom stereocenters. The molecule has 0 aromatic heterocycles. The Kier molecular flexibility index (Phi) is 4.83. The van der Waals surface area contributed by atoms with Crippen LogP contribution in [-0.2, 0) is 0 Å². The fourth-order valence-corrected chi connectivity index (χ4v) is 3.50. The zero-order valence-corrected chi connectivity index (χ0v) is 11.8. The SMILES string of the molecule is CNC1CCN(CC2CCCCN2C)CC1C. The van der Waals surface area contributed by atoms with Crippen molar-refractivity contribution >= 4 is 0 Å². The average Bonchev–Trinajstić information content (AvgIpc) is 2.32. The first-order valence-corrected chi connectivity index (χ1v) is 7.30. The number of hydrogen-bond donors (Lipinski definition) is 1. The van der Waals surface area contributed by atoms with Gasteiger partial charge in [-0.15, -0.1) is 0 Å². The maximum Gasteiger partial charge on any atom is 0.0220 e. The van der Waals surface area contributed by atoms with E-state index in [1.807, 2.05) is 0 Å². The van der Waals surface area contributed by atoms with Gasteiger partial charge in [-0.3, -0.25) is 0 Å². The molecule has 0 bridgehead atoms. The van der Waals surface area contributed by atoms with E-state index in [1.165, 1.54) is 51.9 Å². The van der Waals surface area contributed by atoms with E-state index in [1.54, 1.807) is 0 Å². The summed E-state index contributed by atoms with van der Waals surface area (Å²) in [5, 5.41) is 3.45. The van der Waals surface area contributed by atoms with Gasteiger partial charge in [0.05, 0.1) is 0 Å². The predicted molar refractivity (Wildman–Crippen MR) is 73.3 cm³/mol. The normalized spacial score (nSPS) is 37.2. The van der Waals surface area contributed by atoms with Crippen molar-refractivity contribution in [2.75, 3.05) is 40.3 Å². The van der Waals surface area contributed by atoms with Gasteiger partial charge in [-0.05, 0) is 52.4 Å². The molecule has 17 heavy (non-hydrogen) atoms. The minimum Gasteiger partial charge on any atom is -0.317 e. The van der Waals surface area contributed by atoms with Crippen molar-refractivity contribution in [2.24, 2.45) is 5.92 Å². The molecule has 2 rings (SSSR count). The Morgan fingerprint density at radius 2 is 2.00 bits per heavy atom. The van der Waals surface area contributed by atoms with Crippen LogP contribution in [0.25, 0.3) is 0 Å². The van der Waals surface area contributed by atoms with E-state index >= 15 is 0 Å². The maximum atomic E-state index is 3.45. The van der Waals surface area contributed by atoms with Crippen LogP contribution in [-0.4, -0.2) is 62.2 Å². The molecule has 3 unspecified atom stereocenters. The van der Waals surface area contributed by atoms with Crippen LogP contribution < -0.4 is 5.32 Å². The van der Waals surface area contributed by atoms with Gasteiger partial charge in [0, 0.05) is 25.2 Å². The second-order valence-electron chi connectivity index (χ2n) is 6.05. The molecule has 0 saturated carbocycles. The minimum atomic E-state index is 0.732. The zero-order valence-electron chi connectivity index (χ0n) is 11.8. The van der Waals surface area contributed by atoms with Crippen LogP contribution in [0.4, 0.5) is 0 Å². The van der Waals surface area contributed by atoms with Crippen LogP contribution in [0, 0.1) is 5.92 Å². The Hall–Kier alpha value is -0.120. The molecule has 2 saturated heterocycles. The van der Waals surface area contributed by atoms with E-state index < -0.39 is 0 Å². The van der Waals surface area contributed by atoms with Gasteiger partial charge in [-0.25, -0.2) is 0 Å². The monoisotopic (exact) mass is 239 g/mol. The molecule has 100 valence electrons. The molecule has 1 N–H and O–H groups in total. The molecule has 3 nitrogen and oxygen atoms in total. The van der Waals surface area contributed by atoms with Crippen LogP contribution in [0.5, 0.6) is 0 Å². The summed E-state index contributed by atoms with van der Waals surface area (Å²) in [6.07, 6.45) is 5.54. The summed E-state index contributed by atoms with van der Waals surface area (Å²) in [6, 6.07) is 1.54. The molecule has 3 heteroatoms. The summed E-state index contributed by atoms with van der Waals surface area (Å²) in [7, 11) is 4.40. The molecule has 2 heterocycles. The second kappa shape index (κ2) is 6.17. The van der Waals surface area contributed by atoms with Crippen LogP contribution in [0.2, 0.25) is 0 Å². The minimum absolute atomic E-state index is 0.732. The van der Waals surface area contributed by atoms with E-state index in [2.05, 4.69) is 36.1 Å². The number of piperidine rings is 2. The first kappa shape index (κ1) is 13.3. The molecule has 0 radical (unpaired) electrons. The Labute approximate surface area is 107 Å². The van der Waals surface area contributed by atoms with Gasteiger partial charge in [0.25, 0.3) is 0 Å². The third-order valence-corrected chi connectivity index (χ3v) is 4.75. The van der Waals surface area contributed by atoms with Crippen molar-refractivity contribution in [1.82, 2.24) is 15.1 Å². The van der Waals surface area contributed by atoms with E-state index in [0.29, 0.717) is 0 Å². The topological polar surface area (TPSA) is 18.5 Å². The van der Waals surface area contributed by atoms with Gasteiger partial charge in [-0.1, -0.05) is 13.3 Å². The fraction of sp³-hybridized carbons (Fsp3) is 1.00. The summed E-state index contributed by atoms with van der Waals surface area (Å²) in [5.74, 6) is 0.794. The lowest BCUT2D eigenvalue weighted by molar-refractivity contribution is 0.0899. The lowest BCUT2D eigenvalue weighted by atomic mass is 9.93. The van der Waals surface area contributed by atoms with Gasteiger partial charge < -0.3 is 15.1 Å². The van der Waals surface area contributed by atoms with Crippen molar-refractivity contribution in [1.29, 1.82) is 0 Å². The van der Waals surface area contributed by atoms with Gasteiger partial charge in [0.15, 0.2) is 0 Å². The summed E-state index contributed by atoms with van der Waals surface area (Å²) in [6.45, 7) is 7.53. The Bertz CT molecular complexity index is 232. The number of likely N-dealkylation sites (tertiary alicyclic amines) is 2. The summed E-state index contributed by atoms with van der Waals surface area (Å²) >= 11 is 0. The first-order valence-electron chi connectivity index (χ1n) is 7.30. The second-order valence-corrected chi connectivity index (χ2v) is 6.05. The third-order valence-electron chi connectivity index (χ3n) is 4.75. The number of hydrogen-bond acceptors (Lipinski definition) is 3. The van der Waals surface area contributed by atoms with Crippen LogP contribution >= 0.6 is 0 Å². The molecule has 0 aromatic rings. The molecule has 2 aliphatic heterocycles. The van der Waals surface area contributed by atoms with Gasteiger partial charge >= 0.3 is 0 Å². The van der Waals surface area contributed by atoms with Crippen molar-refractivity contribution in [2.45, 2.75) is 44.7 Å². The third kappa shape index (κ3) is 3.43. The molecule has 0 aromatic carbocycles. The molecular formula is C14H29N3. The van der Waals surface area contributed by atoms with Gasteiger partial charge in [0.2, 0.25) is 0 Å². The molecule has 0 aliphatic carbocycles. The molecular weight excluding hydrogens is 210 g/mol. The Balaban J connectivity index is 1.79. The maximum absolute atomic E-state index is 3.45. The van der Waals surface area contributed by atoms with Crippen molar-refractivity contribution in [3.05, 3.63) is 0 Å². The highest BCUT2D eigenvalue weighted by Gasteiger charge is 2.28. The Morgan fingerprint density at radius 3 is 2.65 bits per heavy atom. The van der Waals surface area contributed by atoms with Gasteiger partial charge in [-0.2, -0.15) is 0 Å². The summed E-state index contributed by atoms with van der Waals surface area (Å²) in [5.41, 5.74) is 0. The fourth-order valence-electron chi connectivity index (χ4n) is 3.50. The lowest BCUT2D eigenvalue weighted by Crippen LogP contribution is -2.51. The smallest absolute Gasteiger partial charge is 0.0220 e. The van der Waals surface area contributed by atoms with E-state index in [-0.39, 0.29) is 0 Å². The quantitative estimate of drug-likeness (QED) is 0.803. The highest BCUT2D eigenvalue weighted by molar-refractivity contribution is 4.85. The van der Waals surface area contributed by atoms with E-state index in [9.17, 15) is 0 Å². The molecule has 0 spiro atoms. The highest BCUT2D eigenvalue weighted by atomic mass is 15.2. The van der Waals surface area contributed by atoms with E-state index in [0.717, 1.165) is 18.0 Å². The van der Waals surface area contributed by atoms with Crippen LogP contribution in [0.15, 0.2) is 0 Å². The average molecular weight is 239 g/mol. The number of nitrogens with zero attached hydrogens (tertiary/aromatic N) is 2. The van der Waals surface area contributed by atoms with Crippen LogP contribution in [0.3, 0.4) is 0 Å². The number of rotatable bonds is 3. The largest absolute Gasteiger partial charge is 0.317 e. The highest BCUT2D eigenvalue weighted by Crippen LogP contribution is 2.20. The van der Waals surface area contributed by atoms with Crippen LogP contribution in [0.1, 0.15) is 32.6 Å². The number of likely N-dealkylation sites (N-methyl/N-ethyl adjacent to an activating group) is 1. The van der Waals surface area contributed by atoms with E-state index in [4.69, 9.17) is 0 Å². The number of nitrogens with one attached hydrogen (secondary N) is 1.